The van der Waals surface area contributed by atoms with Crippen LogP contribution in [0.1, 0.15) is 27.5 Å². The zero-order valence-electron chi connectivity index (χ0n) is 14.7. The third-order valence-corrected chi connectivity index (χ3v) is 5.70. The predicted octanol–water partition coefficient (Wildman–Crippen LogP) is 2.41. The molecular weight excluding hydrogens is 359 g/mol. The molecule has 1 unspecified atom stereocenters. The summed E-state index contributed by atoms with van der Waals surface area (Å²) in [6.45, 7) is 1.46. The molecule has 2 rings (SSSR count). The first kappa shape index (κ1) is 20.0. The van der Waals surface area contributed by atoms with Crippen LogP contribution in [0.15, 0.2) is 47.4 Å². The topological polar surface area (TPSA) is 86.7 Å². The van der Waals surface area contributed by atoms with Crippen LogP contribution in [0.4, 0.5) is 4.39 Å². The van der Waals surface area contributed by atoms with Crippen molar-refractivity contribution >= 4 is 16.0 Å². The zero-order valence-corrected chi connectivity index (χ0v) is 15.5. The summed E-state index contributed by atoms with van der Waals surface area (Å²) in [5.74, 6) is -1.59. The lowest BCUT2D eigenvalue weighted by Crippen LogP contribution is -2.35. The number of sulfonamides is 1. The van der Waals surface area contributed by atoms with Crippen molar-refractivity contribution in [2.24, 2.45) is 0 Å². The third-order valence-electron chi connectivity index (χ3n) is 4.13. The molecule has 0 bridgehead atoms. The highest BCUT2D eigenvalue weighted by atomic mass is 32.2. The second-order valence-corrected chi connectivity index (χ2v) is 7.86. The first-order valence-electron chi connectivity index (χ1n) is 7.88. The van der Waals surface area contributed by atoms with Gasteiger partial charge in [-0.05, 0) is 56.4 Å². The van der Waals surface area contributed by atoms with Crippen LogP contribution in [0.3, 0.4) is 0 Å². The third kappa shape index (κ3) is 4.46. The van der Waals surface area contributed by atoms with Gasteiger partial charge < -0.3 is 10.0 Å². The predicted molar refractivity (Wildman–Crippen MR) is 96.2 cm³/mol. The summed E-state index contributed by atoms with van der Waals surface area (Å²) in [6, 6.07) is 9.68. The molecule has 0 spiro atoms. The molecule has 2 aromatic carbocycles. The molecule has 0 saturated carbocycles. The molecule has 1 atom stereocenters. The Morgan fingerprint density at radius 2 is 1.88 bits per heavy atom. The number of likely N-dealkylation sites (N-methyl/N-ethyl adjacent to an activating group) is 1. The number of benzene rings is 2. The molecule has 2 aromatic rings. The number of hydrogen-bond donors (Lipinski definition) is 2. The van der Waals surface area contributed by atoms with Gasteiger partial charge >= 0.3 is 5.97 Å². The lowest BCUT2D eigenvalue weighted by molar-refractivity contribution is 0.0696. The minimum Gasteiger partial charge on any atom is -0.478 e. The molecule has 8 heteroatoms. The van der Waals surface area contributed by atoms with E-state index in [1.165, 1.54) is 37.3 Å². The van der Waals surface area contributed by atoms with Crippen molar-refractivity contribution in [2.45, 2.75) is 17.9 Å². The van der Waals surface area contributed by atoms with E-state index in [0.29, 0.717) is 5.56 Å². The molecule has 0 aliphatic carbocycles. The van der Waals surface area contributed by atoms with Crippen LogP contribution in [0, 0.1) is 12.7 Å². The largest absolute Gasteiger partial charge is 0.478 e. The molecule has 0 amide bonds. The van der Waals surface area contributed by atoms with Crippen molar-refractivity contribution in [3.63, 3.8) is 0 Å². The number of carboxylic acids is 1. The van der Waals surface area contributed by atoms with E-state index in [2.05, 4.69) is 4.72 Å². The average Bonchev–Trinajstić information content (AvgIpc) is 2.54. The monoisotopic (exact) mass is 380 g/mol. The Morgan fingerprint density at radius 1 is 1.23 bits per heavy atom. The highest BCUT2D eigenvalue weighted by Gasteiger charge is 2.23. The molecule has 140 valence electrons. The van der Waals surface area contributed by atoms with Gasteiger partial charge in [-0.25, -0.2) is 22.3 Å². The highest BCUT2D eigenvalue weighted by molar-refractivity contribution is 7.89. The van der Waals surface area contributed by atoms with Crippen molar-refractivity contribution in [3.8, 4) is 0 Å². The van der Waals surface area contributed by atoms with Gasteiger partial charge in [0.15, 0.2) is 0 Å². The van der Waals surface area contributed by atoms with Crippen LogP contribution in [-0.4, -0.2) is 45.0 Å². The van der Waals surface area contributed by atoms with Gasteiger partial charge in [0, 0.05) is 12.6 Å². The maximum absolute atomic E-state index is 13.5. The molecule has 0 aliphatic heterocycles. The van der Waals surface area contributed by atoms with Gasteiger partial charge in [-0.1, -0.05) is 18.2 Å². The fourth-order valence-corrected chi connectivity index (χ4v) is 4.02. The van der Waals surface area contributed by atoms with E-state index in [1.807, 2.05) is 0 Å². The Kier molecular flexibility index (Phi) is 6.12. The van der Waals surface area contributed by atoms with E-state index in [9.17, 15) is 17.6 Å². The van der Waals surface area contributed by atoms with E-state index < -0.39 is 21.8 Å². The Morgan fingerprint density at radius 3 is 2.46 bits per heavy atom. The fourth-order valence-electron chi connectivity index (χ4n) is 2.72. The van der Waals surface area contributed by atoms with Crippen LogP contribution >= 0.6 is 0 Å². The van der Waals surface area contributed by atoms with Gasteiger partial charge in [-0.2, -0.15) is 0 Å². The summed E-state index contributed by atoms with van der Waals surface area (Å²) in [5, 5.41) is 9.16. The number of carboxylic acid groups (broad SMARTS) is 1. The van der Waals surface area contributed by atoms with Gasteiger partial charge in [0.1, 0.15) is 5.82 Å². The quantitative estimate of drug-likeness (QED) is 0.770. The van der Waals surface area contributed by atoms with Crippen molar-refractivity contribution in [1.29, 1.82) is 0 Å². The first-order chi connectivity index (χ1) is 12.1. The Balaban J connectivity index is 2.29. The van der Waals surface area contributed by atoms with E-state index >= 15 is 0 Å². The lowest BCUT2D eigenvalue weighted by atomic mass is 10.1. The van der Waals surface area contributed by atoms with Crippen LogP contribution < -0.4 is 4.72 Å². The van der Waals surface area contributed by atoms with Gasteiger partial charge in [-0.15, -0.1) is 0 Å². The average molecular weight is 380 g/mol. The van der Waals surface area contributed by atoms with Gasteiger partial charge in [0.2, 0.25) is 10.0 Å². The maximum atomic E-state index is 13.5. The SMILES string of the molecule is Cc1c(C(=O)O)cccc1S(=O)(=O)NCC(c1cccc(F)c1)N(C)C. The molecule has 0 heterocycles. The Bertz CT molecular complexity index is 913. The zero-order chi connectivity index (χ0) is 19.5. The Labute approximate surface area is 152 Å². The fraction of sp³-hybridized carbons (Fsp3) is 0.278. The minimum absolute atomic E-state index is 0.00945. The number of aromatic carboxylic acids is 1. The summed E-state index contributed by atoms with van der Waals surface area (Å²) in [5.41, 5.74) is 0.732. The smallest absolute Gasteiger partial charge is 0.335 e. The first-order valence-corrected chi connectivity index (χ1v) is 9.36. The highest BCUT2D eigenvalue weighted by Crippen LogP contribution is 2.22. The van der Waals surface area contributed by atoms with E-state index in [0.717, 1.165) is 0 Å². The maximum Gasteiger partial charge on any atom is 0.335 e. The molecular formula is C18H21FN2O4S. The van der Waals surface area contributed by atoms with E-state index in [-0.39, 0.29) is 28.6 Å². The minimum atomic E-state index is -3.93. The number of halogens is 1. The number of hydrogen-bond acceptors (Lipinski definition) is 4. The van der Waals surface area contributed by atoms with Gasteiger partial charge in [0.05, 0.1) is 10.5 Å². The number of nitrogens with one attached hydrogen (secondary N) is 1. The molecule has 6 nitrogen and oxygen atoms in total. The van der Waals surface area contributed by atoms with Crippen molar-refractivity contribution in [2.75, 3.05) is 20.6 Å². The molecule has 0 aliphatic rings. The number of nitrogens with zero attached hydrogens (tertiary/aromatic N) is 1. The lowest BCUT2D eigenvalue weighted by Gasteiger charge is -2.25. The Hall–Kier alpha value is -2.29. The standard InChI is InChI=1S/C18H21FN2O4S/c1-12-15(18(22)23)8-5-9-17(12)26(24,25)20-11-16(21(2)3)13-6-4-7-14(19)10-13/h4-10,16,20H,11H2,1-3H3,(H,22,23). The normalized spacial score (nSPS) is 13.0. The van der Waals surface area contributed by atoms with Crippen LogP contribution in [0.5, 0.6) is 0 Å². The molecule has 0 aromatic heterocycles. The van der Waals surface area contributed by atoms with Gasteiger partial charge in [0.25, 0.3) is 0 Å². The van der Waals surface area contributed by atoms with E-state index in [1.54, 1.807) is 31.1 Å². The van der Waals surface area contributed by atoms with Crippen molar-refractivity contribution < 1.29 is 22.7 Å². The summed E-state index contributed by atoms with van der Waals surface area (Å²) in [6.07, 6.45) is 0. The van der Waals surface area contributed by atoms with Crippen molar-refractivity contribution in [3.05, 3.63) is 65.0 Å². The second-order valence-electron chi connectivity index (χ2n) is 6.12. The molecule has 26 heavy (non-hydrogen) atoms. The second kappa shape index (κ2) is 7.94. The molecule has 0 saturated heterocycles. The summed E-state index contributed by atoms with van der Waals surface area (Å²) in [4.78, 5) is 12.9. The molecule has 0 fully saturated rings. The van der Waals surface area contributed by atoms with Crippen LogP contribution in [-0.2, 0) is 10.0 Å². The van der Waals surface area contributed by atoms with Crippen molar-refractivity contribution in [1.82, 2.24) is 9.62 Å². The summed E-state index contributed by atoms with van der Waals surface area (Å²) in [7, 11) is -0.399. The van der Waals surface area contributed by atoms with Crippen LogP contribution in [0.25, 0.3) is 0 Å². The number of rotatable bonds is 7. The molecule has 2 N–H and O–H groups in total. The summed E-state index contributed by atoms with van der Waals surface area (Å²) >= 11 is 0. The van der Waals surface area contributed by atoms with Crippen LogP contribution in [0.2, 0.25) is 0 Å². The van der Waals surface area contributed by atoms with Gasteiger partial charge in [-0.3, -0.25) is 0 Å². The number of carbonyl (C=O) groups is 1. The summed E-state index contributed by atoms with van der Waals surface area (Å²) < 4.78 is 41.3. The van der Waals surface area contributed by atoms with E-state index in [4.69, 9.17) is 5.11 Å². The molecule has 0 radical (unpaired) electrons.